The van der Waals surface area contributed by atoms with Crippen LogP contribution in [-0.2, 0) is 5.41 Å². The molecular formula is C14H20BrN. The average Bonchev–Trinajstić information content (AvgIpc) is 2.92. The summed E-state index contributed by atoms with van der Waals surface area (Å²) in [4.78, 5) is 0. The SMILES string of the molecule is CCCNCC1CC1(C)c1cccc(Br)c1. The van der Waals surface area contributed by atoms with Crippen LogP contribution < -0.4 is 5.32 Å². The van der Waals surface area contributed by atoms with E-state index in [1.165, 1.54) is 22.9 Å². The van der Waals surface area contributed by atoms with Crippen LogP contribution in [0.5, 0.6) is 0 Å². The number of rotatable bonds is 5. The number of halogens is 1. The highest BCUT2D eigenvalue weighted by molar-refractivity contribution is 9.10. The molecule has 2 rings (SSSR count). The van der Waals surface area contributed by atoms with Gasteiger partial charge >= 0.3 is 0 Å². The lowest BCUT2D eigenvalue weighted by molar-refractivity contribution is 0.575. The molecule has 0 amide bonds. The summed E-state index contributed by atoms with van der Waals surface area (Å²) < 4.78 is 1.19. The summed E-state index contributed by atoms with van der Waals surface area (Å²) in [6.07, 6.45) is 2.54. The van der Waals surface area contributed by atoms with Crippen molar-refractivity contribution in [3.63, 3.8) is 0 Å². The van der Waals surface area contributed by atoms with Gasteiger partial charge in [-0.05, 0) is 55.0 Å². The van der Waals surface area contributed by atoms with E-state index < -0.39 is 0 Å². The van der Waals surface area contributed by atoms with Gasteiger partial charge in [-0.25, -0.2) is 0 Å². The Hall–Kier alpha value is -0.340. The Labute approximate surface area is 107 Å². The van der Waals surface area contributed by atoms with E-state index >= 15 is 0 Å². The Morgan fingerprint density at radius 1 is 1.50 bits per heavy atom. The number of hydrogen-bond acceptors (Lipinski definition) is 1. The molecule has 2 heteroatoms. The molecule has 16 heavy (non-hydrogen) atoms. The molecule has 2 unspecified atom stereocenters. The van der Waals surface area contributed by atoms with Gasteiger partial charge in [0.05, 0.1) is 0 Å². The van der Waals surface area contributed by atoms with Gasteiger partial charge in [-0.3, -0.25) is 0 Å². The summed E-state index contributed by atoms with van der Waals surface area (Å²) in [6, 6.07) is 8.75. The van der Waals surface area contributed by atoms with E-state index in [1.807, 2.05) is 0 Å². The van der Waals surface area contributed by atoms with Gasteiger partial charge in [-0.1, -0.05) is 41.9 Å². The van der Waals surface area contributed by atoms with Crippen molar-refractivity contribution >= 4 is 15.9 Å². The molecule has 1 aromatic carbocycles. The lowest BCUT2D eigenvalue weighted by Gasteiger charge is -2.12. The molecule has 0 radical (unpaired) electrons. The third-order valence-corrected chi connectivity index (χ3v) is 4.21. The molecule has 0 spiro atoms. The second-order valence-corrected chi connectivity index (χ2v) is 5.95. The first-order chi connectivity index (χ1) is 7.66. The molecule has 1 nitrogen and oxygen atoms in total. The minimum Gasteiger partial charge on any atom is -0.316 e. The van der Waals surface area contributed by atoms with Gasteiger partial charge in [0.15, 0.2) is 0 Å². The second-order valence-electron chi connectivity index (χ2n) is 5.03. The predicted molar refractivity (Wildman–Crippen MR) is 72.8 cm³/mol. The van der Waals surface area contributed by atoms with Gasteiger partial charge in [0.25, 0.3) is 0 Å². The van der Waals surface area contributed by atoms with Gasteiger partial charge in [0.1, 0.15) is 0 Å². The van der Waals surface area contributed by atoms with Gasteiger partial charge in [-0.15, -0.1) is 0 Å². The van der Waals surface area contributed by atoms with Crippen LogP contribution in [0.3, 0.4) is 0 Å². The third kappa shape index (κ3) is 2.49. The summed E-state index contributed by atoms with van der Waals surface area (Å²) in [5.74, 6) is 0.813. The van der Waals surface area contributed by atoms with Crippen molar-refractivity contribution in [2.75, 3.05) is 13.1 Å². The standard InChI is InChI=1S/C14H20BrN/c1-3-7-16-10-12-9-14(12,2)11-5-4-6-13(15)8-11/h4-6,8,12,16H,3,7,9-10H2,1-2H3. The smallest absolute Gasteiger partial charge is 0.0178 e. The van der Waals surface area contributed by atoms with Gasteiger partial charge in [0, 0.05) is 4.47 Å². The zero-order chi connectivity index (χ0) is 11.6. The summed E-state index contributed by atoms with van der Waals surface area (Å²) in [5.41, 5.74) is 1.88. The van der Waals surface area contributed by atoms with Crippen LogP contribution in [-0.4, -0.2) is 13.1 Å². The predicted octanol–water partition coefficient (Wildman–Crippen LogP) is 3.73. The molecule has 0 bridgehead atoms. The fourth-order valence-electron chi connectivity index (χ4n) is 2.40. The van der Waals surface area contributed by atoms with E-state index in [9.17, 15) is 0 Å². The largest absolute Gasteiger partial charge is 0.316 e. The Morgan fingerprint density at radius 2 is 2.31 bits per heavy atom. The van der Waals surface area contributed by atoms with Crippen molar-refractivity contribution in [2.45, 2.75) is 32.1 Å². The maximum Gasteiger partial charge on any atom is 0.0178 e. The summed E-state index contributed by atoms with van der Waals surface area (Å²) in [7, 11) is 0. The van der Waals surface area contributed by atoms with Crippen LogP contribution in [0.2, 0.25) is 0 Å². The Morgan fingerprint density at radius 3 is 3.00 bits per heavy atom. The summed E-state index contributed by atoms with van der Waals surface area (Å²) in [6.45, 7) is 6.91. The van der Waals surface area contributed by atoms with Crippen LogP contribution in [0, 0.1) is 5.92 Å². The quantitative estimate of drug-likeness (QED) is 0.811. The summed E-state index contributed by atoms with van der Waals surface area (Å²) in [5, 5.41) is 3.52. The minimum absolute atomic E-state index is 0.407. The lowest BCUT2D eigenvalue weighted by atomic mass is 9.95. The van der Waals surface area contributed by atoms with E-state index in [2.05, 4.69) is 59.4 Å². The first-order valence-corrected chi connectivity index (χ1v) is 6.93. The highest BCUT2D eigenvalue weighted by atomic mass is 79.9. The van der Waals surface area contributed by atoms with E-state index in [4.69, 9.17) is 0 Å². The molecule has 1 N–H and O–H groups in total. The molecule has 0 aromatic heterocycles. The fraction of sp³-hybridized carbons (Fsp3) is 0.571. The fourth-order valence-corrected chi connectivity index (χ4v) is 2.80. The van der Waals surface area contributed by atoms with E-state index in [0.717, 1.165) is 19.0 Å². The Bertz CT molecular complexity index is 364. The molecule has 88 valence electrons. The topological polar surface area (TPSA) is 12.0 Å². The van der Waals surface area contributed by atoms with Crippen molar-refractivity contribution in [2.24, 2.45) is 5.92 Å². The van der Waals surface area contributed by atoms with Crippen molar-refractivity contribution in [1.82, 2.24) is 5.32 Å². The van der Waals surface area contributed by atoms with E-state index in [1.54, 1.807) is 0 Å². The van der Waals surface area contributed by atoms with Crippen LogP contribution in [0.15, 0.2) is 28.7 Å². The number of benzene rings is 1. The average molecular weight is 282 g/mol. The highest BCUT2D eigenvalue weighted by Gasteiger charge is 2.50. The van der Waals surface area contributed by atoms with Crippen LogP contribution in [0.25, 0.3) is 0 Å². The minimum atomic E-state index is 0.407. The van der Waals surface area contributed by atoms with Gasteiger partial charge in [-0.2, -0.15) is 0 Å². The molecule has 0 saturated heterocycles. The van der Waals surface area contributed by atoms with Crippen LogP contribution in [0.1, 0.15) is 32.3 Å². The molecule has 1 aromatic rings. The summed E-state index contributed by atoms with van der Waals surface area (Å²) >= 11 is 3.55. The van der Waals surface area contributed by atoms with E-state index in [0.29, 0.717) is 5.41 Å². The Balaban J connectivity index is 1.96. The van der Waals surface area contributed by atoms with Crippen LogP contribution in [0.4, 0.5) is 0 Å². The first kappa shape index (κ1) is 12.1. The third-order valence-electron chi connectivity index (χ3n) is 3.71. The molecular weight excluding hydrogens is 262 g/mol. The van der Waals surface area contributed by atoms with Crippen molar-refractivity contribution in [3.05, 3.63) is 34.3 Å². The van der Waals surface area contributed by atoms with E-state index in [-0.39, 0.29) is 0 Å². The second kappa shape index (κ2) is 4.89. The van der Waals surface area contributed by atoms with Gasteiger partial charge in [0.2, 0.25) is 0 Å². The maximum atomic E-state index is 3.55. The molecule has 0 aliphatic heterocycles. The zero-order valence-corrected chi connectivity index (χ0v) is 11.7. The zero-order valence-electron chi connectivity index (χ0n) is 10.1. The van der Waals surface area contributed by atoms with Crippen molar-refractivity contribution < 1.29 is 0 Å². The van der Waals surface area contributed by atoms with Crippen molar-refractivity contribution in [3.8, 4) is 0 Å². The molecule has 2 atom stereocenters. The molecule has 0 heterocycles. The van der Waals surface area contributed by atoms with Crippen LogP contribution >= 0.6 is 15.9 Å². The highest BCUT2D eigenvalue weighted by Crippen LogP contribution is 2.53. The molecule has 1 fully saturated rings. The molecule has 1 saturated carbocycles. The molecule has 1 aliphatic carbocycles. The maximum absolute atomic E-state index is 3.55. The number of hydrogen-bond donors (Lipinski definition) is 1. The molecule has 1 aliphatic rings. The lowest BCUT2D eigenvalue weighted by Crippen LogP contribution is -2.20. The Kier molecular flexibility index (Phi) is 3.70. The van der Waals surface area contributed by atoms with Crippen molar-refractivity contribution in [1.29, 1.82) is 0 Å². The first-order valence-electron chi connectivity index (χ1n) is 6.13. The number of nitrogens with one attached hydrogen (secondary N) is 1. The normalized spacial score (nSPS) is 28.1. The van der Waals surface area contributed by atoms with Gasteiger partial charge < -0.3 is 5.32 Å². The monoisotopic (exact) mass is 281 g/mol.